The van der Waals surface area contributed by atoms with Crippen LogP contribution in [0.15, 0.2) is 77.4 Å². The Morgan fingerprint density at radius 2 is 1.74 bits per heavy atom. The second-order valence-corrected chi connectivity index (χ2v) is 6.71. The number of aromatic hydroxyl groups is 1. The summed E-state index contributed by atoms with van der Waals surface area (Å²) in [6, 6.07) is 17.4. The van der Waals surface area contributed by atoms with Crippen LogP contribution in [0.1, 0.15) is 11.1 Å². The van der Waals surface area contributed by atoms with Crippen LogP contribution in [0.2, 0.25) is 0 Å². The fraction of sp³-hybridized carbons (Fsp3) is 0.0833. The van der Waals surface area contributed by atoms with Gasteiger partial charge in [0.2, 0.25) is 0 Å². The Morgan fingerprint density at radius 1 is 1.00 bits per heavy atom. The van der Waals surface area contributed by atoms with Crippen LogP contribution in [-0.4, -0.2) is 31.1 Å². The molecule has 7 heteroatoms. The van der Waals surface area contributed by atoms with Crippen LogP contribution in [0.4, 0.5) is 10.1 Å². The summed E-state index contributed by atoms with van der Waals surface area (Å²) < 4.78 is 25.2. The Hall–Kier alpha value is -4.13. The van der Waals surface area contributed by atoms with Gasteiger partial charge in [-0.05, 0) is 54.6 Å². The molecular weight excluding hydrogens is 399 g/mol. The van der Waals surface area contributed by atoms with Crippen molar-refractivity contribution >= 4 is 23.5 Å². The molecule has 1 aliphatic heterocycles. The molecule has 3 aromatic carbocycles. The number of nitrogens with zero attached hydrogens (tertiary/aromatic N) is 2. The third-order valence-corrected chi connectivity index (χ3v) is 4.82. The molecule has 0 radical (unpaired) electrons. The molecule has 0 aliphatic carbocycles. The number of halogens is 1. The van der Waals surface area contributed by atoms with E-state index in [2.05, 4.69) is 4.99 Å². The second-order valence-electron chi connectivity index (χ2n) is 6.71. The van der Waals surface area contributed by atoms with Gasteiger partial charge in [0, 0.05) is 11.6 Å². The number of amides is 1. The third kappa shape index (κ3) is 3.85. The topological polar surface area (TPSA) is 71.4 Å². The van der Waals surface area contributed by atoms with Crippen LogP contribution in [0, 0.1) is 5.82 Å². The highest BCUT2D eigenvalue weighted by Gasteiger charge is 2.33. The zero-order chi connectivity index (χ0) is 22.0. The van der Waals surface area contributed by atoms with Gasteiger partial charge in [-0.3, -0.25) is 9.69 Å². The summed E-state index contributed by atoms with van der Waals surface area (Å²) in [5.74, 6) is 0.400. The first-order valence-corrected chi connectivity index (χ1v) is 9.42. The molecule has 4 rings (SSSR count). The van der Waals surface area contributed by atoms with Crippen LogP contribution in [0.25, 0.3) is 6.08 Å². The zero-order valence-corrected chi connectivity index (χ0v) is 16.9. The quantitative estimate of drug-likeness (QED) is 0.624. The Kier molecular flexibility index (Phi) is 5.41. The molecule has 1 heterocycles. The van der Waals surface area contributed by atoms with Crippen molar-refractivity contribution in [1.82, 2.24) is 0 Å². The molecular formula is C24H19FN2O4. The summed E-state index contributed by atoms with van der Waals surface area (Å²) in [6.45, 7) is 0. The Bertz CT molecular complexity index is 1200. The fourth-order valence-corrected chi connectivity index (χ4v) is 3.27. The zero-order valence-electron chi connectivity index (χ0n) is 16.9. The van der Waals surface area contributed by atoms with Gasteiger partial charge in [-0.2, -0.15) is 0 Å². The molecule has 0 fully saturated rings. The van der Waals surface area contributed by atoms with Gasteiger partial charge in [0.25, 0.3) is 5.91 Å². The van der Waals surface area contributed by atoms with Gasteiger partial charge in [0.1, 0.15) is 28.8 Å². The van der Waals surface area contributed by atoms with Gasteiger partial charge in [-0.15, -0.1) is 0 Å². The van der Waals surface area contributed by atoms with Crippen molar-refractivity contribution in [3.63, 3.8) is 0 Å². The van der Waals surface area contributed by atoms with Crippen molar-refractivity contribution in [2.24, 2.45) is 4.99 Å². The number of phenols is 1. The van der Waals surface area contributed by atoms with Crippen LogP contribution in [-0.2, 0) is 4.79 Å². The van der Waals surface area contributed by atoms with Crippen molar-refractivity contribution in [2.45, 2.75) is 0 Å². The molecule has 1 amide bonds. The number of methoxy groups -OCH3 is 2. The maximum absolute atomic E-state index is 14.6. The van der Waals surface area contributed by atoms with Gasteiger partial charge in [0.05, 0.1) is 25.5 Å². The Balaban J connectivity index is 1.85. The standard InChI is InChI=1S/C24H19FN2O4/c1-30-18-12-7-15(22(14-18)31-2)13-21-24(29)27(16-8-10-17(28)11-9-16)23(26-21)19-5-3-4-6-20(19)25/h3-14,28H,1-2H3/b21-13+. The number of benzene rings is 3. The molecule has 0 aromatic heterocycles. The maximum atomic E-state index is 14.6. The lowest BCUT2D eigenvalue weighted by atomic mass is 10.1. The monoisotopic (exact) mass is 418 g/mol. The van der Waals surface area contributed by atoms with E-state index in [1.165, 1.54) is 30.2 Å². The van der Waals surface area contributed by atoms with E-state index < -0.39 is 11.7 Å². The highest BCUT2D eigenvalue weighted by molar-refractivity contribution is 6.33. The summed E-state index contributed by atoms with van der Waals surface area (Å²) in [4.78, 5) is 19.1. The largest absolute Gasteiger partial charge is 0.508 e. The Labute approximate surface area is 178 Å². The van der Waals surface area contributed by atoms with Crippen molar-refractivity contribution in [1.29, 1.82) is 0 Å². The lowest BCUT2D eigenvalue weighted by Gasteiger charge is -2.19. The lowest BCUT2D eigenvalue weighted by Crippen LogP contribution is -2.33. The van der Waals surface area contributed by atoms with E-state index in [9.17, 15) is 14.3 Å². The summed E-state index contributed by atoms with van der Waals surface area (Å²) in [6.07, 6.45) is 1.59. The molecule has 0 spiro atoms. The van der Waals surface area contributed by atoms with E-state index in [0.29, 0.717) is 22.7 Å². The van der Waals surface area contributed by atoms with Gasteiger partial charge in [-0.1, -0.05) is 12.1 Å². The second kappa shape index (κ2) is 8.31. The average Bonchev–Trinajstić information content (AvgIpc) is 3.10. The molecule has 0 bridgehead atoms. The summed E-state index contributed by atoms with van der Waals surface area (Å²) in [7, 11) is 3.07. The maximum Gasteiger partial charge on any atom is 0.282 e. The molecule has 0 saturated carbocycles. The normalized spacial score (nSPS) is 14.7. The Morgan fingerprint density at radius 3 is 2.42 bits per heavy atom. The highest BCUT2D eigenvalue weighted by Crippen LogP contribution is 2.32. The number of carbonyl (C=O) groups excluding carboxylic acids is 1. The van der Waals surface area contributed by atoms with Crippen molar-refractivity contribution in [3.8, 4) is 17.2 Å². The number of aliphatic imine (C=N–C) groups is 1. The van der Waals surface area contributed by atoms with E-state index >= 15 is 0 Å². The van der Waals surface area contributed by atoms with E-state index in [-0.39, 0.29) is 22.8 Å². The number of phenolic OH excluding ortho intramolecular Hbond substituents is 1. The molecule has 1 N–H and O–H groups in total. The molecule has 1 aliphatic rings. The van der Waals surface area contributed by atoms with Gasteiger partial charge in [0.15, 0.2) is 5.84 Å². The number of hydrogen-bond donors (Lipinski definition) is 1. The smallest absolute Gasteiger partial charge is 0.282 e. The summed E-state index contributed by atoms with van der Waals surface area (Å²) >= 11 is 0. The SMILES string of the molecule is COc1ccc(/C=C2/N=C(c3ccccc3F)N(c3ccc(O)cc3)C2=O)c(OC)c1. The molecule has 0 atom stereocenters. The molecule has 3 aromatic rings. The van der Waals surface area contributed by atoms with Gasteiger partial charge < -0.3 is 14.6 Å². The summed E-state index contributed by atoms with van der Waals surface area (Å²) in [5.41, 5.74) is 1.38. The molecule has 6 nitrogen and oxygen atoms in total. The van der Waals surface area contributed by atoms with Gasteiger partial charge in [-0.25, -0.2) is 9.38 Å². The summed E-state index contributed by atoms with van der Waals surface area (Å²) in [5, 5.41) is 9.61. The predicted octanol–water partition coefficient (Wildman–Crippen LogP) is 4.38. The molecule has 0 unspecified atom stereocenters. The van der Waals surface area contributed by atoms with Crippen molar-refractivity contribution in [2.75, 3.05) is 19.1 Å². The minimum atomic E-state index is -0.499. The van der Waals surface area contributed by atoms with E-state index in [1.807, 2.05) is 0 Å². The number of rotatable bonds is 5. The van der Waals surface area contributed by atoms with E-state index in [1.54, 1.807) is 61.7 Å². The van der Waals surface area contributed by atoms with E-state index in [4.69, 9.17) is 9.47 Å². The number of amidine groups is 1. The minimum Gasteiger partial charge on any atom is -0.508 e. The minimum absolute atomic E-state index is 0.0542. The first-order chi connectivity index (χ1) is 15.0. The first-order valence-electron chi connectivity index (χ1n) is 9.42. The van der Waals surface area contributed by atoms with Crippen LogP contribution >= 0.6 is 0 Å². The van der Waals surface area contributed by atoms with Crippen molar-refractivity contribution < 1.29 is 23.8 Å². The molecule has 0 saturated heterocycles. The number of ether oxygens (including phenoxy) is 2. The lowest BCUT2D eigenvalue weighted by molar-refractivity contribution is -0.113. The number of anilines is 1. The van der Waals surface area contributed by atoms with Crippen LogP contribution in [0.3, 0.4) is 0 Å². The third-order valence-electron chi connectivity index (χ3n) is 4.82. The van der Waals surface area contributed by atoms with E-state index in [0.717, 1.165) is 0 Å². The van der Waals surface area contributed by atoms with Crippen LogP contribution < -0.4 is 14.4 Å². The fourth-order valence-electron chi connectivity index (χ4n) is 3.27. The molecule has 31 heavy (non-hydrogen) atoms. The first kappa shape index (κ1) is 20.2. The van der Waals surface area contributed by atoms with Gasteiger partial charge >= 0.3 is 0 Å². The predicted molar refractivity (Wildman–Crippen MR) is 116 cm³/mol. The van der Waals surface area contributed by atoms with Crippen molar-refractivity contribution in [3.05, 3.63) is 89.4 Å². The highest BCUT2D eigenvalue weighted by atomic mass is 19.1. The average molecular weight is 418 g/mol. The number of carbonyl (C=O) groups is 1. The van der Waals surface area contributed by atoms with Crippen LogP contribution in [0.5, 0.6) is 17.2 Å². The number of hydrogen-bond acceptors (Lipinski definition) is 5. The molecule has 156 valence electrons.